The van der Waals surface area contributed by atoms with Crippen LogP contribution in [-0.2, 0) is 6.42 Å². The largest absolute Gasteiger partial charge is 0.459 e. The van der Waals surface area contributed by atoms with Crippen molar-refractivity contribution >= 4 is 5.91 Å². The van der Waals surface area contributed by atoms with E-state index in [1.807, 2.05) is 0 Å². The highest BCUT2D eigenvalue weighted by atomic mass is 16.3. The standard InChI is InChI=1S/C14H15NO2/c1-11-4-6-12(7-5-11)8-9-15-14(16)13-3-2-10-17-13/h2-7,10H,8-9H2,1H3,(H,15,16). The molecule has 1 amide bonds. The molecule has 1 aromatic carbocycles. The number of nitrogens with one attached hydrogen (secondary N) is 1. The average Bonchev–Trinajstić information content (AvgIpc) is 2.85. The first kappa shape index (κ1) is 11.5. The number of furan rings is 1. The first-order valence-electron chi connectivity index (χ1n) is 5.63. The number of hydrogen-bond donors (Lipinski definition) is 1. The van der Waals surface area contributed by atoms with E-state index in [9.17, 15) is 4.79 Å². The minimum absolute atomic E-state index is 0.165. The van der Waals surface area contributed by atoms with Crippen molar-refractivity contribution in [2.45, 2.75) is 13.3 Å². The molecule has 0 unspecified atom stereocenters. The van der Waals surface area contributed by atoms with Crippen LogP contribution >= 0.6 is 0 Å². The highest BCUT2D eigenvalue weighted by molar-refractivity contribution is 5.91. The Morgan fingerprint density at radius 2 is 2.00 bits per heavy atom. The zero-order valence-electron chi connectivity index (χ0n) is 9.77. The van der Waals surface area contributed by atoms with E-state index in [1.54, 1.807) is 12.1 Å². The van der Waals surface area contributed by atoms with E-state index in [2.05, 4.69) is 36.5 Å². The number of amides is 1. The summed E-state index contributed by atoms with van der Waals surface area (Å²) in [5.74, 6) is 0.191. The zero-order chi connectivity index (χ0) is 12.1. The fourth-order valence-corrected chi connectivity index (χ4v) is 1.57. The molecule has 88 valence electrons. The van der Waals surface area contributed by atoms with Gasteiger partial charge < -0.3 is 9.73 Å². The highest BCUT2D eigenvalue weighted by Gasteiger charge is 2.06. The Kier molecular flexibility index (Phi) is 3.60. The summed E-state index contributed by atoms with van der Waals surface area (Å²) in [6, 6.07) is 11.7. The summed E-state index contributed by atoms with van der Waals surface area (Å²) in [6.07, 6.45) is 2.32. The van der Waals surface area contributed by atoms with Crippen LogP contribution in [0.4, 0.5) is 0 Å². The van der Waals surface area contributed by atoms with Gasteiger partial charge in [0.15, 0.2) is 5.76 Å². The number of carbonyl (C=O) groups excluding carboxylic acids is 1. The number of aryl methyl sites for hydroxylation is 1. The molecule has 0 saturated heterocycles. The van der Waals surface area contributed by atoms with Crippen LogP contribution in [0, 0.1) is 6.92 Å². The van der Waals surface area contributed by atoms with Crippen molar-refractivity contribution in [3.63, 3.8) is 0 Å². The van der Waals surface area contributed by atoms with Crippen molar-refractivity contribution in [1.29, 1.82) is 0 Å². The maximum absolute atomic E-state index is 11.5. The van der Waals surface area contributed by atoms with Gasteiger partial charge in [0.05, 0.1) is 6.26 Å². The lowest BCUT2D eigenvalue weighted by Crippen LogP contribution is -2.25. The molecule has 1 heterocycles. The second kappa shape index (κ2) is 5.34. The molecule has 2 rings (SSSR count). The van der Waals surface area contributed by atoms with Gasteiger partial charge in [-0.25, -0.2) is 0 Å². The summed E-state index contributed by atoms with van der Waals surface area (Å²) in [4.78, 5) is 11.5. The predicted molar refractivity (Wildman–Crippen MR) is 65.9 cm³/mol. The Hall–Kier alpha value is -2.03. The van der Waals surface area contributed by atoms with Crippen LogP contribution in [0.3, 0.4) is 0 Å². The monoisotopic (exact) mass is 229 g/mol. The van der Waals surface area contributed by atoms with Crippen LogP contribution < -0.4 is 5.32 Å². The summed E-state index contributed by atoms with van der Waals surface area (Å²) in [7, 11) is 0. The molecular formula is C14H15NO2. The lowest BCUT2D eigenvalue weighted by molar-refractivity contribution is 0.0926. The molecule has 0 aliphatic heterocycles. The molecule has 2 aromatic rings. The molecule has 0 atom stereocenters. The van der Waals surface area contributed by atoms with Crippen molar-refractivity contribution in [3.05, 3.63) is 59.5 Å². The van der Waals surface area contributed by atoms with Gasteiger partial charge in [-0.1, -0.05) is 29.8 Å². The second-order valence-electron chi connectivity index (χ2n) is 3.97. The summed E-state index contributed by atoms with van der Waals surface area (Å²) >= 11 is 0. The fraction of sp³-hybridized carbons (Fsp3) is 0.214. The number of rotatable bonds is 4. The molecule has 0 aliphatic rings. The summed E-state index contributed by atoms with van der Waals surface area (Å²) in [5, 5.41) is 2.82. The molecule has 0 spiro atoms. The van der Waals surface area contributed by atoms with E-state index < -0.39 is 0 Å². The average molecular weight is 229 g/mol. The Morgan fingerprint density at radius 1 is 1.24 bits per heavy atom. The van der Waals surface area contributed by atoms with Crippen molar-refractivity contribution in [1.82, 2.24) is 5.32 Å². The van der Waals surface area contributed by atoms with Gasteiger partial charge in [-0.15, -0.1) is 0 Å². The first-order valence-corrected chi connectivity index (χ1v) is 5.63. The van der Waals surface area contributed by atoms with Crippen molar-refractivity contribution in [3.8, 4) is 0 Å². The Labute approximate surface area is 100 Å². The van der Waals surface area contributed by atoms with Crippen LogP contribution in [0.25, 0.3) is 0 Å². The van der Waals surface area contributed by atoms with Gasteiger partial charge in [0, 0.05) is 6.54 Å². The fourth-order valence-electron chi connectivity index (χ4n) is 1.57. The predicted octanol–water partition coefficient (Wildman–Crippen LogP) is 2.56. The third kappa shape index (κ3) is 3.21. The van der Waals surface area contributed by atoms with Crippen LogP contribution in [0.2, 0.25) is 0 Å². The molecule has 0 saturated carbocycles. The SMILES string of the molecule is Cc1ccc(CCNC(=O)c2ccco2)cc1. The van der Waals surface area contributed by atoms with Gasteiger partial charge in [-0.05, 0) is 31.0 Å². The van der Waals surface area contributed by atoms with Gasteiger partial charge in [0.25, 0.3) is 5.91 Å². The third-order valence-corrected chi connectivity index (χ3v) is 2.56. The van der Waals surface area contributed by atoms with Crippen LogP contribution in [0.15, 0.2) is 47.1 Å². The number of benzene rings is 1. The Bertz CT molecular complexity index is 471. The molecule has 3 nitrogen and oxygen atoms in total. The second-order valence-corrected chi connectivity index (χ2v) is 3.97. The maximum atomic E-state index is 11.5. The van der Waals surface area contributed by atoms with E-state index in [0.29, 0.717) is 12.3 Å². The minimum atomic E-state index is -0.165. The van der Waals surface area contributed by atoms with E-state index in [-0.39, 0.29) is 5.91 Å². The summed E-state index contributed by atoms with van der Waals surface area (Å²) in [5.41, 5.74) is 2.46. The van der Waals surface area contributed by atoms with Gasteiger partial charge in [-0.2, -0.15) is 0 Å². The third-order valence-electron chi connectivity index (χ3n) is 2.56. The van der Waals surface area contributed by atoms with Crippen LogP contribution in [-0.4, -0.2) is 12.5 Å². The first-order chi connectivity index (χ1) is 8.25. The summed E-state index contributed by atoms with van der Waals surface area (Å²) in [6.45, 7) is 2.67. The molecule has 1 aromatic heterocycles. The normalized spacial score (nSPS) is 10.2. The van der Waals surface area contributed by atoms with Gasteiger partial charge in [0.2, 0.25) is 0 Å². The molecule has 0 radical (unpaired) electrons. The van der Waals surface area contributed by atoms with E-state index in [4.69, 9.17) is 4.42 Å². The smallest absolute Gasteiger partial charge is 0.286 e. The number of carbonyl (C=O) groups is 1. The minimum Gasteiger partial charge on any atom is -0.459 e. The van der Waals surface area contributed by atoms with Crippen LogP contribution in [0.5, 0.6) is 0 Å². The Morgan fingerprint density at radius 3 is 2.65 bits per heavy atom. The highest BCUT2D eigenvalue weighted by Crippen LogP contribution is 2.04. The molecular weight excluding hydrogens is 214 g/mol. The molecule has 3 heteroatoms. The molecule has 17 heavy (non-hydrogen) atoms. The quantitative estimate of drug-likeness (QED) is 0.875. The molecule has 0 bridgehead atoms. The molecule has 0 aliphatic carbocycles. The lowest BCUT2D eigenvalue weighted by atomic mass is 10.1. The van der Waals surface area contributed by atoms with E-state index in [0.717, 1.165) is 6.42 Å². The maximum Gasteiger partial charge on any atom is 0.286 e. The van der Waals surface area contributed by atoms with Crippen molar-refractivity contribution < 1.29 is 9.21 Å². The van der Waals surface area contributed by atoms with E-state index >= 15 is 0 Å². The zero-order valence-corrected chi connectivity index (χ0v) is 9.77. The molecule has 0 fully saturated rings. The lowest BCUT2D eigenvalue weighted by Gasteiger charge is -2.03. The Balaban J connectivity index is 1.80. The molecule has 1 N–H and O–H groups in total. The topological polar surface area (TPSA) is 42.2 Å². The van der Waals surface area contributed by atoms with Crippen molar-refractivity contribution in [2.75, 3.05) is 6.54 Å². The van der Waals surface area contributed by atoms with Crippen molar-refractivity contribution in [2.24, 2.45) is 0 Å². The van der Waals surface area contributed by atoms with Gasteiger partial charge in [-0.3, -0.25) is 4.79 Å². The summed E-state index contributed by atoms with van der Waals surface area (Å²) < 4.78 is 5.00. The van der Waals surface area contributed by atoms with Gasteiger partial charge in [0.1, 0.15) is 0 Å². The van der Waals surface area contributed by atoms with Crippen LogP contribution in [0.1, 0.15) is 21.7 Å². The van der Waals surface area contributed by atoms with Gasteiger partial charge >= 0.3 is 0 Å². The number of hydrogen-bond acceptors (Lipinski definition) is 2. The van der Waals surface area contributed by atoms with E-state index in [1.165, 1.54) is 17.4 Å².